The first kappa shape index (κ1) is 22.2. The van der Waals surface area contributed by atoms with E-state index in [0.717, 1.165) is 22.4 Å². The topological polar surface area (TPSA) is 83.5 Å². The number of H-pyrrole nitrogens is 1. The Labute approximate surface area is 193 Å². The Hall–Kier alpha value is -4.00. The second-order valence-corrected chi connectivity index (χ2v) is 8.52. The number of nitrogens with zero attached hydrogens (tertiary/aromatic N) is 4. The summed E-state index contributed by atoms with van der Waals surface area (Å²) >= 11 is 0. The zero-order valence-corrected chi connectivity index (χ0v) is 19.2. The molecule has 0 aliphatic rings. The van der Waals surface area contributed by atoms with Gasteiger partial charge in [0.15, 0.2) is 11.6 Å². The average molecular weight is 442 g/mol. The van der Waals surface area contributed by atoms with Gasteiger partial charge in [-0.25, -0.2) is 19.8 Å². The van der Waals surface area contributed by atoms with Crippen LogP contribution >= 0.6 is 0 Å². The molecule has 0 spiro atoms. The van der Waals surface area contributed by atoms with Gasteiger partial charge in [0.2, 0.25) is 0 Å². The normalized spacial score (nSPS) is 11.3. The molecule has 0 saturated heterocycles. The van der Waals surface area contributed by atoms with Gasteiger partial charge in [0, 0.05) is 23.7 Å². The zero-order valence-electron chi connectivity index (χ0n) is 19.2. The van der Waals surface area contributed by atoms with Gasteiger partial charge >= 0.3 is 6.09 Å². The van der Waals surface area contributed by atoms with Crippen LogP contribution in [0.3, 0.4) is 0 Å². The summed E-state index contributed by atoms with van der Waals surface area (Å²) in [5.41, 5.74) is 3.42. The maximum Gasteiger partial charge on any atom is 0.416 e. The Bertz CT molecular complexity index is 1230. The van der Waals surface area contributed by atoms with Gasteiger partial charge in [-0.05, 0) is 27.7 Å². The SMILES string of the molecule is CCN(C(=O)OC(C)(C)C)c1nc(N=C(c2ccccc2)c2ccccc2)cc2[nH]cnc12. The lowest BCUT2D eigenvalue weighted by molar-refractivity contribution is 0.0581. The molecule has 7 nitrogen and oxygen atoms in total. The first-order valence-electron chi connectivity index (χ1n) is 10.9. The van der Waals surface area contributed by atoms with Crippen molar-refractivity contribution in [2.24, 2.45) is 4.99 Å². The molecule has 7 heteroatoms. The molecule has 0 radical (unpaired) electrons. The van der Waals surface area contributed by atoms with E-state index in [4.69, 9.17) is 14.7 Å². The summed E-state index contributed by atoms with van der Waals surface area (Å²) in [5, 5.41) is 0. The van der Waals surface area contributed by atoms with Gasteiger partial charge in [-0.2, -0.15) is 0 Å². The fourth-order valence-corrected chi connectivity index (χ4v) is 3.45. The van der Waals surface area contributed by atoms with Crippen LogP contribution in [0.15, 0.2) is 78.0 Å². The number of hydrogen-bond acceptors (Lipinski definition) is 5. The number of imidazole rings is 1. The fourth-order valence-electron chi connectivity index (χ4n) is 3.45. The smallest absolute Gasteiger partial charge is 0.416 e. The highest BCUT2D eigenvalue weighted by atomic mass is 16.6. The first-order valence-corrected chi connectivity index (χ1v) is 10.9. The highest BCUT2D eigenvalue weighted by molar-refractivity contribution is 6.14. The number of rotatable bonds is 5. The van der Waals surface area contributed by atoms with Crippen LogP contribution in [0, 0.1) is 0 Å². The summed E-state index contributed by atoms with van der Waals surface area (Å²) in [6.45, 7) is 7.76. The summed E-state index contributed by atoms with van der Waals surface area (Å²) in [6.07, 6.45) is 1.11. The minimum atomic E-state index is -0.626. The summed E-state index contributed by atoms with van der Waals surface area (Å²) in [5.74, 6) is 0.871. The predicted molar refractivity (Wildman–Crippen MR) is 131 cm³/mol. The summed E-state index contributed by atoms with van der Waals surface area (Å²) in [6, 6.07) is 21.7. The zero-order chi connectivity index (χ0) is 23.4. The number of carbonyl (C=O) groups excluding carboxylic acids is 1. The number of hydrogen-bond donors (Lipinski definition) is 1. The first-order chi connectivity index (χ1) is 15.9. The monoisotopic (exact) mass is 441 g/mol. The van der Waals surface area contributed by atoms with Crippen LogP contribution in [0.4, 0.5) is 16.4 Å². The van der Waals surface area contributed by atoms with Gasteiger partial charge in [-0.15, -0.1) is 0 Å². The minimum Gasteiger partial charge on any atom is -0.443 e. The maximum atomic E-state index is 12.9. The Morgan fingerprint density at radius 1 is 1.03 bits per heavy atom. The van der Waals surface area contributed by atoms with E-state index in [0.29, 0.717) is 23.7 Å². The predicted octanol–water partition coefficient (Wildman–Crippen LogP) is 5.89. The van der Waals surface area contributed by atoms with Crippen molar-refractivity contribution in [1.29, 1.82) is 0 Å². The standard InChI is InChI=1S/C26H27N5O2/c1-5-31(25(32)33-26(2,3)4)24-23-20(27-17-28-23)16-21(30-24)29-22(18-12-8-6-9-13-18)19-14-10-7-11-15-19/h6-17H,5H2,1-4H3,(H,27,28). The van der Waals surface area contributed by atoms with Crippen LogP contribution < -0.4 is 4.90 Å². The molecule has 2 aromatic heterocycles. The van der Waals surface area contributed by atoms with Gasteiger partial charge in [-0.1, -0.05) is 60.7 Å². The minimum absolute atomic E-state index is 0.376. The molecule has 2 aromatic carbocycles. The van der Waals surface area contributed by atoms with Gasteiger partial charge < -0.3 is 9.72 Å². The number of carbonyl (C=O) groups is 1. The number of anilines is 1. The maximum absolute atomic E-state index is 12.9. The van der Waals surface area contributed by atoms with Crippen LogP contribution in [0.25, 0.3) is 11.0 Å². The van der Waals surface area contributed by atoms with Gasteiger partial charge in [-0.3, -0.25) is 4.90 Å². The van der Waals surface area contributed by atoms with Crippen molar-refractivity contribution in [3.63, 3.8) is 0 Å². The van der Waals surface area contributed by atoms with E-state index in [1.165, 1.54) is 4.90 Å². The Morgan fingerprint density at radius 3 is 2.18 bits per heavy atom. The van der Waals surface area contributed by atoms with E-state index in [2.05, 4.69) is 9.97 Å². The van der Waals surface area contributed by atoms with Crippen LogP contribution in [0.5, 0.6) is 0 Å². The Morgan fingerprint density at radius 2 is 1.64 bits per heavy atom. The van der Waals surface area contributed by atoms with E-state index in [1.54, 1.807) is 6.33 Å². The number of benzene rings is 2. The number of fused-ring (bicyclic) bond motifs is 1. The van der Waals surface area contributed by atoms with E-state index >= 15 is 0 Å². The highest BCUT2D eigenvalue weighted by Gasteiger charge is 2.26. The molecule has 0 saturated carbocycles. The van der Waals surface area contributed by atoms with Crippen molar-refractivity contribution in [2.45, 2.75) is 33.3 Å². The number of pyridine rings is 1. The molecule has 0 atom stereocenters. The van der Waals surface area contributed by atoms with Gasteiger partial charge in [0.1, 0.15) is 11.1 Å². The number of aliphatic imine (C=N–C) groups is 1. The molecule has 4 aromatic rings. The van der Waals surface area contributed by atoms with Gasteiger partial charge in [0.05, 0.1) is 17.6 Å². The van der Waals surface area contributed by atoms with Crippen molar-refractivity contribution >= 4 is 34.5 Å². The van der Waals surface area contributed by atoms with Crippen LogP contribution in [0.2, 0.25) is 0 Å². The molecule has 0 fully saturated rings. The lowest BCUT2D eigenvalue weighted by Gasteiger charge is -2.26. The quantitative estimate of drug-likeness (QED) is 0.392. The lowest BCUT2D eigenvalue weighted by atomic mass is 10.0. The molecule has 1 N–H and O–H groups in total. The van der Waals surface area contributed by atoms with Crippen molar-refractivity contribution < 1.29 is 9.53 Å². The van der Waals surface area contributed by atoms with E-state index in [-0.39, 0.29) is 0 Å². The average Bonchev–Trinajstić information content (AvgIpc) is 3.27. The summed E-state index contributed by atoms with van der Waals surface area (Å²) in [4.78, 5) is 31.6. The van der Waals surface area contributed by atoms with Crippen LogP contribution in [0.1, 0.15) is 38.8 Å². The number of aromatic nitrogens is 3. The van der Waals surface area contributed by atoms with E-state index in [1.807, 2.05) is 94.4 Å². The number of aromatic amines is 1. The second-order valence-electron chi connectivity index (χ2n) is 8.52. The molecule has 4 rings (SSSR count). The number of amides is 1. The van der Waals surface area contributed by atoms with Crippen molar-refractivity contribution in [3.05, 3.63) is 84.2 Å². The van der Waals surface area contributed by atoms with Crippen LogP contribution in [-0.4, -0.2) is 38.9 Å². The van der Waals surface area contributed by atoms with Gasteiger partial charge in [0.25, 0.3) is 0 Å². The Balaban J connectivity index is 1.86. The molecular weight excluding hydrogens is 414 g/mol. The highest BCUT2D eigenvalue weighted by Crippen LogP contribution is 2.29. The molecule has 2 heterocycles. The fraction of sp³-hybridized carbons (Fsp3) is 0.231. The molecule has 168 valence electrons. The van der Waals surface area contributed by atoms with Crippen LogP contribution in [-0.2, 0) is 4.74 Å². The lowest BCUT2D eigenvalue weighted by Crippen LogP contribution is -2.37. The van der Waals surface area contributed by atoms with Crippen molar-refractivity contribution in [1.82, 2.24) is 15.0 Å². The molecule has 33 heavy (non-hydrogen) atoms. The van der Waals surface area contributed by atoms with E-state index < -0.39 is 11.7 Å². The van der Waals surface area contributed by atoms with E-state index in [9.17, 15) is 4.79 Å². The molecule has 0 unspecified atom stereocenters. The molecule has 1 amide bonds. The molecular formula is C26H27N5O2. The molecule has 0 aliphatic heterocycles. The number of nitrogens with one attached hydrogen (secondary N) is 1. The third-order valence-electron chi connectivity index (χ3n) is 4.88. The van der Waals surface area contributed by atoms with Crippen molar-refractivity contribution in [2.75, 3.05) is 11.4 Å². The Kier molecular flexibility index (Phi) is 6.22. The molecule has 0 bridgehead atoms. The largest absolute Gasteiger partial charge is 0.443 e. The second kappa shape index (κ2) is 9.24. The number of ether oxygens (including phenoxy) is 1. The summed E-state index contributed by atoms with van der Waals surface area (Å²) in [7, 11) is 0. The third-order valence-corrected chi connectivity index (χ3v) is 4.88. The third kappa shape index (κ3) is 5.09. The van der Waals surface area contributed by atoms with Crippen molar-refractivity contribution in [3.8, 4) is 0 Å². The molecule has 0 aliphatic carbocycles. The summed E-state index contributed by atoms with van der Waals surface area (Å²) < 4.78 is 5.60.